The SMILES string of the molecule is CCc1cnc(CNC2CCC(N)CC2)s1. The molecule has 1 heterocycles. The molecule has 0 atom stereocenters. The molecule has 1 fully saturated rings. The lowest BCUT2D eigenvalue weighted by molar-refractivity contribution is 0.341. The Kier molecular flexibility index (Phi) is 4.32. The molecular formula is C12H21N3S. The maximum Gasteiger partial charge on any atom is 0.107 e. The second-order valence-electron chi connectivity index (χ2n) is 4.57. The molecule has 0 spiro atoms. The predicted molar refractivity (Wildman–Crippen MR) is 68.6 cm³/mol. The lowest BCUT2D eigenvalue weighted by Gasteiger charge is -2.26. The van der Waals surface area contributed by atoms with Crippen molar-refractivity contribution < 1.29 is 0 Å². The number of nitrogens with zero attached hydrogens (tertiary/aromatic N) is 1. The molecule has 16 heavy (non-hydrogen) atoms. The van der Waals surface area contributed by atoms with Crippen molar-refractivity contribution in [2.24, 2.45) is 5.73 Å². The summed E-state index contributed by atoms with van der Waals surface area (Å²) in [5.41, 5.74) is 5.89. The predicted octanol–water partition coefficient (Wildman–Crippen LogP) is 2.06. The lowest BCUT2D eigenvalue weighted by atomic mass is 9.92. The van der Waals surface area contributed by atoms with Crippen LogP contribution >= 0.6 is 11.3 Å². The van der Waals surface area contributed by atoms with Crippen LogP contribution in [-0.2, 0) is 13.0 Å². The first-order valence-corrected chi connectivity index (χ1v) is 7.02. The van der Waals surface area contributed by atoms with Gasteiger partial charge >= 0.3 is 0 Å². The molecule has 1 aromatic rings. The van der Waals surface area contributed by atoms with E-state index in [1.54, 1.807) is 0 Å². The van der Waals surface area contributed by atoms with Crippen molar-refractivity contribution in [2.75, 3.05) is 0 Å². The van der Waals surface area contributed by atoms with Gasteiger partial charge in [0.1, 0.15) is 5.01 Å². The third kappa shape index (κ3) is 3.27. The van der Waals surface area contributed by atoms with Gasteiger partial charge in [0, 0.05) is 29.7 Å². The summed E-state index contributed by atoms with van der Waals surface area (Å²) < 4.78 is 0. The molecule has 2 rings (SSSR count). The number of hydrogen-bond donors (Lipinski definition) is 2. The van der Waals surface area contributed by atoms with Crippen LogP contribution in [0.4, 0.5) is 0 Å². The largest absolute Gasteiger partial charge is 0.328 e. The van der Waals surface area contributed by atoms with Crippen molar-refractivity contribution >= 4 is 11.3 Å². The molecule has 0 saturated heterocycles. The van der Waals surface area contributed by atoms with E-state index in [0.29, 0.717) is 12.1 Å². The molecule has 0 aliphatic heterocycles. The van der Waals surface area contributed by atoms with Gasteiger partial charge in [0.2, 0.25) is 0 Å². The van der Waals surface area contributed by atoms with Crippen molar-refractivity contribution in [1.29, 1.82) is 0 Å². The molecule has 4 heteroatoms. The second kappa shape index (κ2) is 5.75. The zero-order chi connectivity index (χ0) is 11.4. The smallest absolute Gasteiger partial charge is 0.107 e. The van der Waals surface area contributed by atoms with Crippen molar-refractivity contribution in [2.45, 2.75) is 57.7 Å². The minimum absolute atomic E-state index is 0.435. The van der Waals surface area contributed by atoms with Crippen molar-refractivity contribution in [1.82, 2.24) is 10.3 Å². The van der Waals surface area contributed by atoms with Gasteiger partial charge in [-0.3, -0.25) is 0 Å². The van der Waals surface area contributed by atoms with Crippen LogP contribution in [0.3, 0.4) is 0 Å². The van der Waals surface area contributed by atoms with E-state index in [0.717, 1.165) is 25.8 Å². The number of rotatable bonds is 4. The Hall–Kier alpha value is -0.450. The first-order chi connectivity index (χ1) is 7.78. The van der Waals surface area contributed by atoms with Crippen LogP contribution in [0.15, 0.2) is 6.20 Å². The summed E-state index contributed by atoms with van der Waals surface area (Å²) in [4.78, 5) is 5.79. The molecule has 0 radical (unpaired) electrons. The van der Waals surface area contributed by atoms with Crippen LogP contribution in [0.25, 0.3) is 0 Å². The van der Waals surface area contributed by atoms with Crippen LogP contribution in [-0.4, -0.2) is 17.1 Å². The van der Waals surface area contributed by atoms with Gasteiger partial charge in [-0.1, -0.05) is 6.92 Å². The van der Waals surface area contributed by atoms with Gasteiger partial charge in [-0.05, 0) is 32.1 Å². The fourth-order valence-electron chi connectivity index (χ4n) is 2.15. The van der Waals surface area contributed by atoms with Crippen LogP contribution in [0.1, 0.15) is 42.5 Å². The van der Waals surface area contributed by atoms with E-state index in [1.807, 2.05) is 17.5 Å². The van der Waals surface area contributed by atoms with E-state index in [4.69, 9.17) is 5.73 Å². The summed E-state index contributed by atoms with van der Waals surface area (Å²) in [6.45, 7) is 3.10. The zero-order valence-electron chi connectivity index (χ0n) is 9.91. The van der Waals surface area contributed by atoms with Gasteiger partial charge in [-0.15, -0.1) is 11.3 Å². The molecule has 0 unspecified atom stereocenters. The highest BCUT2D eigenvalue weighted by atomic mass is 32.1. The van der Waals surface area contributed by atoms with Gasteiger partial charge in [0.05, 0.1) is 0 Å². The Labute approximate surface area is 101 Å². The van der Waals surface area contributed by atoms with Crippen LogP contribution in [0.2, 0.25) is 0 Å². The highest BCUT2D eigenvalue weighted by molar-refractivity contribution is 7.11. The lowest BCUT2D eigenvalue weighted by Crippen LogP contribution is -2.36. The number of nitrogens with one attached hydrogen (secondary N) is 1. The molecule has 0 aromatic carbocycles. The molecule has 3 N–H and O–H groups in total. The highest BCUT2D eigenvalue weighted by Gasteiger charge is 2.17. The van der Waals surface area contributed by atoms with Gasteiger partial charge in [0.25, 0.3) is 0 Å². The third-order valence-electron chi connectivity index (χ3n) is 3.26. The van der Waals surface area contributed by atoms with Crippen molar-refractivity contribution in [3.63, 3.8) is 0 Å². The maximum absolute atomic E-state index is 5.89. The van der Waals surface area contributed by atoms with Crippen LogP contribution < -0.4 is 11.1 Å². The summed E-state index contributed by atoms with van der Waals surface area (Å²) in [5, 5.41) is 4.80. The van der Waals surface area contributed by atoms with E-state index >= 15 is 0 Å². The Bertz CT molecular complexity index is 316. The summed E-state index contributed by atoms with van der Waals surface area (Å²) >= 11 is 1.82. The molecule has 0 amide bonds. The molecular weight excluding hydrogens is 218 g/mol. The molecule has 1 saturated carbocycles. The average Bonchev–Trinajstić information content (AvgIpc) is 2.76. The summed E-state index contributed by atoms with van der Waals surface area (Å²) in [6.07, 6.45) is 7.85. The first-order valence-electron chi connectivity index (χ1n) is 6.20. The Morgan fingerprint density at radius 1 is 1.44 bits per heavy atom. The van der Waals surface area contributed by atoms with E-state index in [9.17, 15) is 0 Å². The van der Waals surface area contributed by atoms with Crippen LogP contribution in [0, 0.1) is 0 Å². The summed E-state index contributed by atoms with van der Waals surface area (Å²) in [5.74, 6) is 0. The highest BCUT2D eigenvalue weighted by Crippen LogP contribution is 2.18. The number of nitrogens with two attached hydrogens (primary N) is 1. The minimum atomic E-state index is 0.435. The second-order valence-corrected chi connectivity index (χ2v) is 5.77. The number of thiazole rings is 1. The number of aryl methyl sites for hydroxylation is 1. The molecule has 3 nitrogen and oxygen atoms in total. The quantitative estimate of drug-likeness (QED) is 0.845. The molecule has 1 aromatic heterocycles. The summed E-state index contributed by atoms with van der Waals surface area (Å²) in [7, 11) is 0. The topological polar surface area (TPSA) is 50.9 Å². The fraction of sp³-hybridized carbons (Fsp3) is 0.750. The first kappa shape index (κ1) is 12.0. The molecule has 1 aliphatic carbocycles. The number of hydrogen-bond acceptors (Lipinski definition) is 4. The van der Waals surface area contributed by atoms with Gasteiger partial charge < -0.3 is 11.1 Å². The van der Waals surface area contributed by atoms with Gasteiger partial charge in [-0.2, -0.15) is 0 Å². The average molecular weight is 239 g/mol. The molecule has 1 aliphatic rings. The normalized spacial score (nSPS) is 25.9. The van der Waals surface area contributed by atoms with Crippen molar-refractivity contribution in [3.05, 3.63) is 16.1 Å². The fourth-order valence-corrected chi connectivity index (χ4v) is 2.96. The standard InChI is InChI=1S/C12H21N3S/c1-2-11-7-15-12(16-11)8-14-10-5-3-9(13)4-6-10/h7,9-10,14H,2-6,8,13H2,1H3. The third-order valence-corrected chi connectivity index (χ3v) is 4.41. The Balaban J connectivity index is 1.74. The van der Waals surface area contributed by atoms with Gasteiger partial charge in [0.15, 0.2) is 0 Å². The van der Waals surface area contributed by atoms with Crippen LogP contribution in [0.5, 0.6) is 0 Å². The van der Waals surface area contributed by atoms with Crippen molar-refractivity contribution in [3.8, 4) is 0 Å². The molecule has 0 bridgehead atoms. The zero-order valence-corrected chi connectivity index (χ0v) is 10.7. The maximum atomic E-state index is 5.89. The minimum Gasteiger partial charge on any atom is -0.328 e. The van der Waals surface area contributed by atoms with Gasteiger partial charge in [-0.25, -0.2) is 4.98 Å². The monoisotopic (exact) mass is 239 g/mol. The Morgan fingerprint density at radius 2 is 2.19 bits per heavy atom. The Morgan fingerprint density at radius 3 is 2.81 bits per heavy atom. The van der Waals surface area contributed by atoms with E-state index < -0.39 is 0 Å². The number of aromatic nitrogens is 1. The van der Waals surface area contributed by atoms with E-state index in [2.05, 4.69) is 17.2 Å². The summed E-state index contributed by atoms with van der Waals surface area (Å²) in [6, 6.07) is 1.08. The van der Waals surface area contributed by atoms with E-state index in [1.165, 1.54) is 22.7 Å². The van der Waals surface area contributed by atoms with E-state index in [-0.39, 0.29) is 0 Å². The molecule has 90 valence electrons.